The predicted molar refractivity (Wildman–Crippen MR) is 62.4 cm³/mol. The highest BCUT2D eigenvalue weighted by Gasteiger charge is 2.06. The minimum Gasteiger partial charge on any atom is -0.192 e. The maximum Gasteiger partial charge on any atom is 0.0994 e. The van der Waals surface area contributed by atoms with Crippen molar-refractivity contribution in [2.75, 3.05) is 0 Å². The van der Waals surface area contributed by atoms with Crippen molar-refractivity contribution in [1.29, 1.82) is 5.26 Å². The van der Waals surface area contributed by atoms with E-state index in [-0.39, 0.29) is 0 Å². The van der Waals surface area contributed by atoms with Crippen molar-refractivity contribution in [2.24, 2.45) is 0 Å². The van der Waals surface area contributed by atoms with Crippen LogP contribution >= 0.6 is 0 Å². The number of nitrogens with zero attached hydrogens (tertiary/aromatic N) is 1. The largest absolute Gasteiger partial charge is 0.192 e. The molecule has 0 aliphatic carbocycles. The summed E-state index contributed by atoms with van der Waals surface area (Å²) in [6, 6.07) is 8.29. The summed E-state index contributed by atoms with van der Waals surface area (Å²) < 4.78 is 0. The van der Waals surface area contributed by atoms with Gasteiger partial charge in [0.2, 0.25) is 0 Å². The number of nitriles is 1. The second-order valence-electron chi connectivity index (χ2n) is 3.89. The molecule has 0 saturated carbocycles. The van der Waals surface area contributed by atoms with E-state index in [1.165, 1.54) is 0 Å². The number of rotatable bonds is 3. The van der Waals surface area contributed by atoms with Gasteiger partial charge in [0, 0.05) is 6.42 Å². The maximum atomic E-state index is 9.03. The molecule has 0 bridgehead atoms. The van der Waals surface area contributed by atoms with Gasteiger partial charge in [-0.05, 0) is 29.5 Å². The van der Waals surface area contributed by atoms with Gasteiger partial charge < -0.3 is 0 Å². The Kier molecular flexibility index (Phi) is 3.95. The monoisotopic (exact) mass is 197 g/mol. The van der Waals surface area contributed by atoms with Crippen LogP contribution in [0.3, 0.4) is 0 Å². The third-order valence-electron chi connectivity index (χ3n) is 2.42. The van der Waals surface area contributed by atoms with Crippen LogP contribution in [0.15, 0.2) is 18.2 Å². The molecule has 0 radical (unpaired) electrons. The molecule has 0 amide bonds. The Morgan fingerprint density at radius 2 is 2.13 bits per heavy atom. The third-order valence-corrected chi connectivity index (χ3v) is 2.42. The van der Waals surface area contributed by atoms with Crippen LogP contribution in [-0.4, -0.2) is 0 Å². The van der Waals surface area contributed by atoms with Gasteiger partial charge in [0.15, 0.2) is 0 Å². The summed E-state index contributed by atoms with van der Waals surface area (Å²) in [6.45, 7) is 4.19. The van der Waals surface area contributed by atoms with Gasteiger partial charge in [-0.1, -0.05) is 26.0 Å². The molecule has 1 nitrogen and oxygen atoms in total. The average molecular weight is 197 g/mol. The molecule has 1 aromatic carbocycles. The first-order valence-corrected chi connectivity index (χ1v) is 5.15. The molecule has 0 spiro atoms. The van der Waals surface area contributed by atoms with Crippen LogP contribution in [-0.2, 0) is 6.42 Å². The molecule has 76 valence electrons. The first kappa shape index (κ1) is 11.3. The zero-order valence-corrected chi connectivity index (χ0v) is 9.25. The summed E-state index contributed by atoms with van der Waals surface area (Å²) in [5.41, 5.74) is 3.04. The highest BCUT2D eigenvalue weighted by molar-refractivity contribution is 5.42. The van der Waals surface area contributed by atoms with Gasteiger partial charge in [-0.25, -0.2) is 0 Å². The van der Waals surface area contributed by atoms with E-state index in [0.717, 1.165) is 29.5 Å². The smallest absolute Gasteiger partial charge is 0.0994 e. The molecule has 0 N–H and O–H groups in total. The molecule has 0 aliphatic rings. The predicted octanol–water partition coefficient (Wildman–Crippen LogP) is 3.25. The molecule has 1 heteroatoms. The lowest BCUT2D eigenvalue weighted by molar-refractivity contribution is 0.859. The van der Waals surface area contributed by atoms with Gasteiger partial charge in [0.05, 0.1) is 11.6 Å². The van der Waals surface area contributed by atoms with E-state index in [4.69, 9.17) is 11.7 Å². The fourth-order valence-electron chi connectivity index (χ4n) is 1.58. The number of benzene rings is 1. The summed E-state index contributed by atoms with van der Waals surface area (Å²) in [4.78, 5) is 0. The van der Waals surface area contributed by atoms with Crippen molar-refractivity contribution in [3.05, 3.63) is 34.9 Å². The lowest BCUT2D eigenvalue weighted by atomic mass is 9.95. The van der Waals surface area contributed by atoms with Gasteiger partial charge >= 0.3 is 0 Å². The van der Waals surface area contributed by atoms with E-state index in [2.05, 4.69) is 31.9 Å². The molecule has 0 atom stereocenters. The van der Waals surface area contributed by atoms with Gasteiger partial charge in [0.1, 0.15) is 0 Å². The van der Waals surface area contributed by atoms with Crippen LogP contribution in [0.5, 0.6) is 0 Å². The van der Waals surface area contributed by atoms with Crippen LogP contribution in [0.1, 0.15) is 42.9 Å². The second-order valence-corrected chi connectivity index (χ2v) is 3.89. The maximum absolute atomic E-state index is 9.03. The number of aryl methyl sites for hydroxylation is 1. The SMILES string of the molecule is C#CCCc1ccc(C(C)C)c(C#N)c1. The summed E-state index contributed by atoms with van der Waals surface area (Å²) in [5, 5.41) is 9.03. The van der Waals surface area contributed by atoms with Crippen molar-refractivity contribution in [3.63, 3.8) is 0 Å². The highest BCUT2D eigenvalue weighted by atomic mass is 14.2. The molecule has 0 unspecified atom stereocenters. The molecule has 0 aromatic heterocycles. The standard InChI is InChI=1S/C14H15N/c1-4-5-6-12-7-8-14(11(2)3)13(9-12)10-15/h1,7-9,11H,5-6H2,2-3H3. The van der Waals surface area contributed by atoms with E-state index in [1.807, 2.05) is 12.1 Å². The fourth-order valence-corrected chi connectivity index (χ4v) is 1.58. The molecule has 1 rings (SSSR count). The Hall–Kier alpha value is -1.73. The first-order valence-electron chi connectivity index (χ1n) is 5.15. The van der Waals surface area contributed by atoms with Crippen LogP contribution in [0.25, 0.3) is 0 Å². The van der Waals surface area contributed by atoms with E-state index >= 15 is 0 Å². The summed E-state index contributed by atoms with van der Waals surface area (Å²) >= 11 is 0. The Morgan fingerprint density at radius 1 is 1.40 bits per heavy atom. The molecule has 15 heavy (non-hydrogen) atoms. The zero-order valence-electron chi connectivity index (χ0n) is 9.25. The van der Waals surface area contributed by atoms with E-state index in [0.29, 0.717) is 5.92 Å². The molecule has 1 aromatic rings. The van der Waals surface area contributed by atoms with Crippen LogP contribution in [0.2, 0.25) is 0 Å². The van der Waals surface area contributed by atoms with Gasteiger partial charge in [-0.15, -0.1) is 12.3 Å². The highest BCUT2D eigenvalue weighted by Crippen LogP contribution is 2.20. The van der Waals surface area contributed by atoms with Crippen LogP contribution in [0, 0.1) is 23.7 Å². The lowest BCUT2D eigenvalue weighted by Crippen LogP contribution is -1.95. The third kappa shape index (κ3) is 2.86. The van der Waals surface area contributed by atoms with Crippen molar-refractivity contribution in [3.8, 4) is 18.4 Å². The normalized spacial score (nSPS) is 9.67. The molecular formula is C14H15N. The Labute approximate surface area is 91.7 Å². The minimum absolute atomic E-state index is 0.390. The number of hydrogen-bond acceptors (Lipinski definition) is 1. The quantitative estimate of drug-likeness (QED) is 0.682. The minimum atomic E-state index is 0.390. The van der Waals surface area contributed by atoms with Gasteiger partial charge in [0.25, 0.3) is 0 Å². The topological polar surface area (TPSA) is 23.8 Å². The van der Waals surface area contributed by atoms with Crippen molar-refractivity contribution < 1.29 is 0 Å². The molecular weight excluding hydrogens is 182 g/mol. The fraction of sp³-hybridized carbons (Fsp3) is 0.357. The average Bonchev–Trinajstić information content (AvgIpc) is 2.25. The van der Waals surface area contributed by atoms with Crippen molar-refractivity contribution >= 4 is 0 Å². The van der Waals surface area contributed by atoms with E-state index < -0.39 is 0 Å². The molecule has 0 aliphatic heterocycles. The number of hydrogen-bond donors (Lipinski definition) is 0. The summed E-state index contributed by atoms with van der Waals surface area (Å²) in [5.74, 6) is 3.00. The van der Waals surface area contributed by atoms with Gasteiger partial charge in [-0.3, -0.25) is 0 Å². The molecule has 0 saturated heterocycles. The van der Waals surface area contributed by atoms with Crippen molar-refractivity contribution in [1.82, 2.24) is 0 Å². The van der Waals surface area contributed by atoms with Crippen LogP contribution in [0.4, 0.5) is 0 Å². The first-order chi connectivity index (χ1) is 7.19. The Morgan fingerprint density at radius 3 is 2.67 bits per heavy atom. The van der Waals surface area contributed by atoms with E-state index in [1.54, 1.807) is 0 Å². The van der Waals surface area contributed by atoms with Crippen LogP contribution < -0.4 is 0 Å². The Bertz CT molecular complexity index is 416. The molecule has 0 heterocycles. The van der Waals surface area contributed by atoms with Gasteiger partial charge in [-0.2, -0.15) is 5.26 Å². The summed E-state index contributed by atoms with van der Waals surface area (Å²) in [6.07, 6.45) is 6.79. The lowest BCUT2D eigenvalue weighted by Gasteiger charge is -2.09. The second kappa shape index (κ2) is 5.23. The Balaban J connectivity index is 3.00. The summed E-state index contributed by atoms with van der Waals surface area (Å²) in [7, 11) is 0. The van der Waals surface area contributed by atoms with E-state index in [9.17, 15) is 0 Å². The zero-order chi connectivity index (χ0) is 11.3. The van der Waals surface area contributed by atoms with Crippen molar-refractivity contribution in [2.45, 2.75) is 32.6 Å². The molecule has 0 fully saturated rings. The number of terminal acetylenes is 1.